The van der Waals surface area contributed by atoms with Crippen LogP contribution in [0.3, 0.4) is 0 Å². The second-order valence-corrected chi connectivity index (χ2v) is 2.58. The molecule has 1 atom stereocenters. The van der Waals surface area contributed by atoms with E-state index in [2.05, 4.69) is 4.84 Å². The molecule has 0 fully saturated rings. The average Bonchev–Trinajstić information content (AvgIpc) is 2.00. The molecule has 0 rings (SSSR count). The van der Waals surface area contributed by atoms with E-state index >= 15 is 0 Å². The summed E-state index contributed by atoms with van der Waals surface area (Å²) in [6, 6.07) is 0. The molecule has 0 radical (unpaired) electrons. The number of amides is 1. The fourth-order valence-corrected chi connectivity index (χ4v) is 1.08. The molecule has 0 heterocycles. The van der Waals surface area contributed by atoms with Crippen molar-refractivity contribution in [2.45, 2.75) is 38.7 Å². The molecule has 0 aliphatic heterocycles. The summed E-state index contributed by atoms with van der Waals surface area (Å²) in [5.74, 6) is 4.52. The van der Waals surface area contributed by atoms with Gasteiger partial charge in [-0.05, 0) is 12.8 Å². The number of hydrogen-bond donors (Lipinski definition) is 2. The van der Waals surface area contributed by atoms with Crippen molar-refractivity contribution in [3.05, 3.63) is 0 Å². The van der Waals surface area contributed by atoms with Gasteiger partial charge in [0.25, 0.3) is 5.91 Å². The van der Waals surface area contributed by atoms with E-state index in [4.69, 9.17) is 11.6 Å². The molecule has 0 spiro atoms. The van der Waals surface area contributed by atoms with Crippen LogP contribution in [0, 0.1) is 0 Å². The zero-order valence-electron chi connectivity index (χ0n) is 7.09. The van der Waals surface area contributed by atoms with Gasteiger partial charge in [0.1, 0.15) is 0 Å². The van der Waals surface area contributed by atoms with E-state index in [0.717, 1.165) is 6.42 Å². The summed E-state index contributed by atoms with van der Waals surface area (Å²) >= 11 is 0. The molecule has 66 valence electrons. The zero-order chi connectivity index (χ0) is 8.91. The van der Waals surface area contributed by atoms with E-state index < -0.39 is 11.5 Å². The van der Waals surface area contributed by atoms with Crippen molar-refractivity contribution in [3.8, 4) is 0 Å². The summed E-state index contributed by atoms with van der Waals surface area (Å²) in [5.41, 5.74) is 4.19. The Kier molecular flexibility index (Phi) is 4.07. The van der Waals surface area contributed by atoms with Crippen molar-refractivity contribution in [2.24, 2.45) is 11.6 Å². The maximum atomic E-state index is 10.9. The van der Waals surface area contributed by atoms with Crippen LogP contribution in [0.25, 0.3) is 0 Å². The van der Waals surface area contributed by atoms with Crippen LogP contribution < -0.4 is 11.6 Å². The molecule has 0 bridgehead atoms. The van der Waals surface area contributed by atoms with Crippen LogP contribution in [0.15, 0.2) is 0 Å². The molecule has 0 aromatic carbocycles. The lowest BCUT2D eigenvalue weighted by molar-refractivity contribution is -0.146. The van der Waals surface area contributed by atoms with Crippen molar-refractivity contribution in [2.75, 3.05) is 0 Å². The van der Waals surface area contributed by atoms with E-state index in [9.17, 15) is 4.79 Å². The molecule has 0 saturated heterocycles. The molecule has 0 saturated carbocycles. The second kappa shape index (κ2) is 4.31. The zero-order valence-corrected chi connectivity index (χ0v) is 7.09. The number of carbonyl (C=O) groups excluding carboxylic acids is 1. The Balaban J connectivity index is 4.32. The third-order valence-electron chi connectivity index (χ3n) is 1.90. The highest BCUT2D eigenvalue weighted by molar-refractivity contribution is 5.83. The third-order valence-corrected chi connectivity index (χ3v) is 1.90. The predicted molar refractivity (Wildman–Crippen MR) is 42.4 cm³/mol. The van der Waals surface area contributed by atoms with Gasteiger partial charge in [-0.15, -0.1) is 0 Å². The van der Waals surface area contributed by atoms with E-state index in [1.54, 1.807) is 0 Å². The lowest BCUT2D eigenvalue weighted by atomic mass is 9.94. The first kappa shape index (κ1) is 10.4. The first-order valence-corrected chi connectivity index (χ1v) is 3.80. The maximum Gasteiger partial charge on any atom is 0.251 e. The van der Waals surface area contributed by atoms with Crippen LogP contribution in [-0.4, -0.2) is 11.5 Å². The van der Waals surface area contributed by atoms with Gasteiger partial charge in [-0.1, -0.05) is 20.3 Å². The molecule has 0 aliphatic carbocycles. The fourth-order valence-electron chi connectivity index (χ4n) is 1.08. The number of primary amides is 1. The summed E-state index contributed by atoms with van der Waals surface area (Å²) in [5, 5.41) is 0. The summed E-state index contributed by atoms with van der Waals surface area (Å²) in [6.45, 7) is 3.78. The molecule has 4 N–H and O–H groups in total. The van der Waals surface area contributed by atoms with Crippen LogP contribution in [0.1, 0.15) is 33.1 Å². The van der Waals surface area contributed by atoms with Gasteiger partial charge in [-0.2, -0.15) is 0 Å². The quantitative estimate of drug-likeness (QED) is 0.568. The smallest absolute Gasteiger partial charge is 0.251 e. The minimum atomic E-state index is -0.950. The van der Waals surface area contributed by atoms with Gasteiger partial charge in [0.15, 0.2) is 5.60 Å². The standard InChI is InChI=1S/C7H16N2O2/c1-3-5-7(4-2,11-9)6(8)10/h3-5,9H2,1-2H3,(H2,8,10). The van der Waals surface area contributed by atoms with E-state index in [1.807, 2.05) is 13.8 Å². The van der Waals surface area contributed by atoms with Crippen molar-refractivity contribution in [1.82, 2.24) is 0 Å². The Morgan fingerprint density at radius 2 is 2.09 bits per heavy atom. The van der Waals surface area contributed by atoms with Gasteiger partial charge < -0.3 is 5.73 Å². The Labute approximate surface area is 66.8 Å². The molecule has 0 aliphatic rings. The highest BCUT2D eigenvalue weighted by atomic mass is 16.6. The first-order valence-electron chi connectivity index (χ1n) is 3.80. The van der Waals surface area contributed by atoms with Gasteiger partial charge in [0.2, 0.25) is 0 Å². The van der Waals surface area contributed by atoms with Crippen molar-refractivity contribution < 1.29 is 9.63 Å². The highest BCUT2D eigenvalue weighted by Gasteiger charge is 2.34. The van der Waals surface area contributed by atoms with Crippen LogP contribution in [0.2, 0.25) is 0 Å². The van der Waals surface area contributed by atoms with Gasteiger partial charge >= 0.3 is 0 Å². The number of carbonyl (C=O) groups is 1. The summed E-state index contributed by atoms with van der Waals surface area (Å²) in [4.78, 5) is 15.5. The molecule has 0 aromatic heterocycles. The SMILES string of the molecule is CCCC(CC)(ON)C(N)=O. The van der Waals surface area contributed by atoms with E-state index in [1.165, 1.54) is 0 Å². The first-order chi connectivity index (χ1) is 5.13. The largest absolute Gasteiger partial charge is 0.367 e. The fraction of sp³-hybridized carbons (Fsp3) is 0.857. The number of hydrogen-bond acceptors (Lipinski definition) is 3. The Hall–Kier alpha value is -0.610. The van der Waals surface area contributed by atoms with Gasteiger partial charge in [-0.25, -0.2) is 5.90 Å². The lowest BCUT2D eigenvalue weighted by Gasteiger charge is -2.25. The van der Waals surface area contributed by atoms with Gasteiger partial charge in [0.05, 0.1) is 0 Å². The van der Waals surface area contributed by atoms with Crippen LogP contribution in [-0.2, 0) is 9.63 Å². The Morgan fingerprint density at radius 1 is 1.55 bits per heavy atom. The normalized spacial score (nSPS) is 15.9. The van der Waals surface area contributed by atoms with Crippen LogP contribution >= 0.6 is 0 Å². The Bertz CT molecular complexity index is 132. The highest BCUT2D eigenvalue weighted by Crippen LogP contribution is 2.19. The minimum absolute atomic E-state index is 0.482. The molecule has 4 heteroatoms. The maximum absolute atomic E-state index is 10.9. The molecule has 11 heavy (non-hydrogen) atoms. The van der Waals surface area contributed by atoms with E-state index in [0.29, 0.717) is 12.8 Å². The topological polar surface area (TPSA) is 78.3 Å². The van der Waals surface area contributed by atoms with Crippen LogP contribution in [0.5, 0.6) is 0 Å². The molecule has 1 unspecified atom stereocenters. The molecular weight excluding hydrogens is 144 g/mol. The summed E-state index contributed by atoms with van der Waals surface area (Å²) in [6.07, 6.45) is 1.93. The lowest BCUT2D eigenvalue weighted by Crippen LogP contribution is -2.47. The number of rotatable bonds is 5. The second-order valence-electron chi connectivity index (χ2n) is 2.58. The predicted octanol–water partition coefficient (Wildman–Crippen LogP) is 0.311. The average molecular weight is 160 g/mol. The monoisotopic (exact) mass is 160 g/mol. The summed E-state index contributed by atoms with van der Waals surface area (Å²) in [7, 11) is 0. The van der Waals surface area contributed by atoms with E-state index in [-0.39, 0.29) is 0 Å². The van der Waals surface area contributed by atoms with Crippen molar-refractivity contribution in [3.63, 3.8) is 0 Å². The molecule has 1 amide bonds. The van der Waals surface area contributed by atoms with Crippen LogP contribution in [0.4, 0.5) is 0 Å². The van der Waals surface area contributed by atoms with Gasteiger partial charge in [-0.3, -0.25) is 9.63 Å². The van der Waals surface area contributed by atoms with Gasteiger partial charge in [0, 0.05) is 0 Å². The van der Waals surface area contributed by atoms with Crippen molar-refractivity contribution >= 4 is 5.91 Å². The summed E-state index contributed by atoms with van der Waals surface area (Å²) < 4.78 is 0. The number of nitrogens with two attached hydrogens (primary N) is 2. The minimum Gasteiger partial charge on any atom is -0.367 e. The third kappa shape index (κ3) is 2.17. The van der Waals surface area contributed by atoms with Crippen molar-refractivity contribution in [1.29, 1.82) is 0 Å². The Morgan fingerprint density at radius 3 is 2.18 bits per heavy atom. The molecule has 4 nitrogen and oxygen atoms in total. The molecular formula is C7H16N2O2. The molecule has 0 aromatic rings.